The minimum atomic E-state index is -0.0326. The van der Waals surface area contributed by atoms with Crippen molar-refractivity contribution in [3.8, 4) is 33.6 Å². The summed E-state index contributed by atoms with van der Waals surface area (Å²) in [5.74, 6) is 0. The zero-order chi connectivity index (χ0) is 26.1. The lowest BCUT2D eigenvalue weighted by molar-refractivity contribution is 0.661. The molecule has 2 nitrogen and oxygen atoms in total. The van der Waals surface area contributed by atoms with E-state index in [9.17, 15) is 0 Å². The van der Waals surface area contributed by atoms with Crippen LogP contribution < -0.4 is 0 Å². The SMILES string of the molecule is CC1(C)c2ccccc2-c2cc3ccc(-c4nc5ccc6ccccc6c5nc4-c4ccccc4)cc3cc21. The molecule has 0 radical (unpaired) electrons. The highest BCUT2D eigenvalue weighted by atomic mass is 14.8. The molecule has 0 N–H and O–H groups in total. The van der Waals surface area contributed by atoms with Gasteiger partial charge >= 0.3 is 0 Å². The van der Waals surface area contributed by atoms with Crippen LogP contribution in [0.15, 0.2) is 121 Å². The summed E-state index contributed by atoms with van der Waals surface area (Å²) in [6.07, 6.45) is 0. The maximum absolute atomic E-state index is 5.28. The zero-order valence-corrected chi connectivity index (χ0v) is 21.9. The minimum absolute atomic E-state index is 0.0326. The van der Waals surface area contributed by atoms with E-state index in [0.29, 0.717) is 0 Å². The predicted molar refractivity (Wildman–Crippen MR) is 163 cm³/mol. The standard InChI is InChI=1S/C37H26N2/c1-37(2)31-15-9-8-14-29(31)30-21-25-16-17-26(20-27(25)22-32(30)37)35-34(24-11-4-3-5-12-24)39-36-28-13-7-6-10-23(28)18-19-33(36)38-35/h3-22H,1-2H3. The molecule has 0 atom stereocenters. The van der Waals surface area contributed by atoms with Crippen molar-refractivity contribution in [1.82, 2.24) is 9.97 Å². The molecule has 2 heteroatoms. The summed E-state index contributed by atoms with van der Waals surface area (Å²) in [6, 6.07) is 43.4. The van der Waals surface area contributed by atoms with Gasteiger partial charge in [0.05, 0.1) is 22.4 Å². The maximum Gasteiger partial charge on any atom is 0.0973 e. The number of rotatable bonds is 2. The first-order valence-electron chi connectivity index (χ1n) is 13.5. The molecular weight excluding hydrogens is 472 g/mol. The highest BCUT2D eigenvalue weighted by molar-refractivity contribution is 6.05. The number of benzene rings is 6. The topological polar surface area (TPSA) is 25.8 Å². The molecule has 1 aliphatic carbocycles. The Morgan fingerprint density at radius 2 is 1.23 bits per heavy atom. The van der Waals surface area contributed by atoms with Crippen molar-refractivity contribution in [3.05, 3.63) is 132 Å². The minimum Gasteiger partial charge on any atom is -0.244 e. The van der Waals surface area contributed by atoms with Gasteiger partial charge in [-0.25, -0.2) is 9.97 Å². The van der Waals surface area contributed by atoms with E-state index in [1.54, 1.807) is 0 Å². The molecule has 0 aliphatic heterocycles. The van der Waals surface area contributed by atoms with Gasteiger partial charge in [-0.3, -0.25) is 0 Å². The Morgan fingerprint density at radius 1 is 0.487 bits per heavy atom. The molecule has 8 rings (SSSR count). The van der Waals surface area contributed by atoms with Crippen LogP contribution in [-0.2, 0) is 5.41 Å². The van der Waals surface area contributed by atoms with Crippen molar-refractivity contribution in [2.75, 3.05) is 0 Å². The number of fused-ring (bicyclic) bond motifs is 7. The summed E-state index contributed by atoms with van der Waals surface area (Å²) in [5, 5.41) is 4.77. The normalized spacial score (nSPS) is 13.6. The summed E-state index contributed by atoms with van der Waals surface area (Å²) in [6.45, 7) is 4.67. The fourth-order valence-electron chi connectivity index (χ4n) is 6.38. The lowest BCUT2D eigenvalue weighted by Crippen LogP contribution is -2.14. The lowest BCUT2D eigenvalue weighted by atomic mass is 9.82. The van der Waals surface area contributed by atoms with Gasteiger partial charge in [0.2, 0.25) is 0 Å². The molecule has 7 aromatic rings. The summed E-state index contributed by atoms with van der Waals surface area (Å²) in [5.41, 5.74) is 11.3. The van der Waals surface area contributed by atoms with Crippen LogP contribution in [0.2, 0.25) is 0 Å². The Labute approximate surface area is 227 Å². The van der Waals surface area contributed by atoms with E-state index in [1.165, 1.54) is 38.4 Å². The summed E-state index contributed by atoms with van der Waals surface area (Å²) in [4.78, 5) is 10.5. The Balaban J connectivity index is 1.38. The van der Waals surface area contributed by atoms with Gasteiger partial charge in [-0.15, -0.1) is 0 Å². The van der Waals surface area contributed by atoms with Gasteiger partial charge < -0.3 is 0 Å². The van der Waals surface area contributed by atoms with Crippen molar-refractivity contribution in [2.24, 2.45) is 0 Å². The van der Waals surface area contributed by atoms with Gasteiger partial charge in [0.1, 0.15) is 0 Å². The maximum atomic E-state index is 5.28. The van der Waals surface area contributed by atoms with Crippen LogP contribution in [0.1, 0.15) is 25.0 Å². The molecular formula is C37H26N2. The molecule has 39 heavy (non-hydrogen) atoms. The predicted octanol–water partition coefficient (Wildman–Crippen LogP) is 9.58. The number of nitrogens with zero attached hydrogens (tertiary/aromatic N) is 2. The largest absolute Gasteiger partial charge is 0.244 e. The molecule has 0 bridgehead atoms. The van der Waals surface area contributed by atoms with E-state index in [2.05, 4.69) is 129 Å². The van der Waals surface area contributed by atoms with E-state index in [-0.39, 0.29) is 5.41 Å². The average molecular weight is 499 g/mol. The highest BCUT2D eigenvalue weighted by Crippen LogP contribution is 2.50. The number of hydrogen-bond donors (Lipinski definition) is 0. The number of hydrogen-bond acceptors (Lipinski definition) is 2. The first-order valence-corrected chi connectivity index (χ1v) is 13.5. The third-order valence-electron chi connectivity index (χ3n) is 8.42. The molecule has 1 aromatic heterocycles. The smallest absolute Gasteiger partial charge is 0.0973 e. The van der Waals surface area contributed by atoms with Crippen LogP contribution in [0.25, 0.3) is 66.2 Å². The Morgan fingerprint density at radius 3 is 2.13 bits per heavy atom. The van der Waals surface area contributed by atoms with Crippen LogP contribution in [0.4, 0.5) is 0 Å². The fraction of sp³-hybridized carbons (Fsp3) is 0.0811. The quantitative estimate of drug-likeness (QED) is 0.222. The molecule has 1 aliphatic rings. The van der Waals surface area contributed by atoms with Crippen LogP contribution in [0.5, 0.6) is 0 Å². The summed E-state index contributed by atoms with van der Waals surface area (Å²) >= 11 is 0. The second kappa shape index (κ2) is 8.09. The second-order valence-electron chi connectivity index (χ2n) is 11.1. The molecule has 6 aromatic carbocycles. The van der Waals surface area contributed by atoms with Crippen molar-refractivity contribution >= 4 is 32.6 Å². The van der Waals surface area contributed by atoms with Crippen molar-refractivity contribution in [3.63, 3.8) is 0 Å². The Kier molecular flexibility index (Phi) is 4.60. The van der Waals surface area contributed by atoms with Gasteiger partial charge in [-0.2, -0.15) is 0 Å². The van der Waals surface area contributed by atoms with Gasteiger partial charge in [0, 0.05) is 21.9 Å². The molecule has 0 fully saturated rings. The van der Waals surface area contributed by atoms with Gasteiger partial charge in [-0.05, 0) is 62.7 Å². The average Bonchev–Trinajstić information content (AvgIpc) is 3.21. The van der Waals surface area contributed by atoms with Crippen LogP contribution in [0.3, 0.4) is 0 Å². The Hall–Kier alpha value is -4.82. The number of aromatic nitrogens is 2. The molecule has 0 saturated heterocycles. The highest BCUT2D eigenvalue weighted by Gasteiger charge is 2.35. The van der Waals surface area contributed by atoms with E-state index >= 15 is 0 Å². The molecule has 0 saturated carbocycles. The summed E-state index contributed by atoms with van der Waals surface area (Å²) in [7, 11) is 0. The Bertz CT molecular complexity index is 2090. The summed E-state index contributed by atoms with van der Waals surface area (Å²) < 4.78 is 0. The third kappa shape index (κ3) is 3.28. The van der Waals surface area contributed by atoms with Crippen LogP contribution in [0, 0.1) is 0 Å². The first-order chi connectivity index (χ1) is 19.1. The molecule has 184 valence electrons. The van der Waals surface area contributed by atoms with Gasteiger partial charge in [0.15, 0.2) is 0 Å². The molecule has 0 unspecified atom stereocenters. The van der Waals surface area contributed by atoms with Gasteiger partial charge in [-0.1, -0.05) is 111 Å². The third-order valence-corrected chi connectivity index (χ3v) is 8.42. The van der Waals surface area contributed by atoms with Crippen LogP contribution in [-0.4, -0.2) is 9.97 Å². The van der Waals surface area contributed by atoms with E-state index in [0.717, 1.165) is 38.9 Å². The molecule has 0 spiro atoms. The van der Waals surface area contributed by atoms with Crippen LogP contribution >= 0.6 is 0 Å². The van der Waals surface area contributed by atoms with E-state index in [1.807, 2.05) is 6.07 Å². The molecule has 0 amide bonds. The van der Waals surface area contributed by atoms with E-state index in [4.69, 9.17) is 9.97 Å². The van der Waals surface area contributed by atoms with E-state index < -0.39 is 0 Å². The van der Waals surface area contributed by atoms with Crippen molar-refractivity contribution < 1.29 is 0 Å². The lowest BCUT2D eigenvalue weighted by Gasteiger charge is -2.21. The zero-order valence-electron chi connectivity index (χ0n) is 21.9. The fourth-order valence-corrected chi connectivity index (χ4v) is 6.38. The van der Waals surface area contributed by atoms with Gasteiger partial charge in [0.25, 0.3) is 0 Å². The molecule has 1 heterocycles. The monoisotopic (exact) mass is 498 g/mol. The second-order valence-corrected chi connectivity index (χ2v) is 11.1. The van der Waals surface area contributed by atoms with Crippen molar-refractivity contribution in [1.29, 1.82) is 0 Å². The van der Waals surface area contributed by atoms with Crippen molar-refractivity contribution in [2.45, 2.75) is 19.3 Å². The first kappa shape index (κ1) is 22.2.